The van der Waals surface area contributed by atoms with Crippen molar-refractivity contribution in [1.82, 2.24) is 14.8 Å². The van der Waals surface area contributed by atoms with Crippen LogP contribution in [0.2, 0.25) is 0 Å². The molecule has 1 aromatic heterocycles. The number of alkyl halides is 3. The predicted octanol–water partition coefficient (Wildman–Crippen LogP) is 3.00. The summed E-state index contributed by atoms with van der Waals surface area (Å²) in [6.07, 6.45) is -1.25. The van der Waals surface area contributed by atoms with Gasteiger partial charge < -0.3 is 5.32 Å². The van der Waals surface area contributed by atoms with Gasteiger partial charge >= 0.3 is 6.18 Å². The SMILES string of the molecule is Cc1ccccc1N(CC(=O)Nc1cc(C(F)(F)F)ccc1-n1cncn1)S(C)(=O)=O. The van der Waals surface area contributed by atoms with Gasteiger partial charge in [-0.2, -0.15) is 18.3 Å². The molecule has 0 saturated carbocycles. The van der Waals surface area contributed by atoms with E-state index in [0.29, 0.717) is 11.3 Å². The van der Waals surface area contributed by atoms with E-state index in [2.05, 4.69) is 15.4 Å². The monoisotopic (exact) mass is 453 g/mol. The Labute approximate surface area is 176 Å². The summed E-state index contributed by atoms with van der Waals surface area (Å²) in [6.45, 7) is 1.05. The first-order valence-electron chi connectivity index (χ1n) is 8.86. The minimum atomic E-state index is -4.64. The zero-order chi connectivity index (χ0) is 22.8. The number of sulfonamides is 1. The number of halogens is 3. The minimum Gasteiger partial charge on any atom is -0.323 e. The van der Waals surface area contributed by atoms with E-state index in [1.165, 1.54) is 23.4 Å². The first-order valence-corrected chi connectivity index (χ1v) is 10.7. The molecular formula is C19H18F3N5O3S. The number of nitrogens with zero attached hydrogens (tertiary/aromatic N) is 4. The third kappa shape index (κ3) is 5.20. The molecule has 1 N–H and O–H groups in total. The van der Waals surface area contributed by atoms with Crippen molar-refractivity contribution in [3.8, 4) is 5.69 Å². The predicted molar refractivity (Wildman–Crippen MR) is 108 cm³/mol. The summed E-state index contributed by atoms with van der Waals surface area (Å²) >= 11 is 0. The maximum atomic E-state index is 13.2. The number of hydrogen-bond donors (Lipinski definition) is 1. The molecule has 0 fully saturated rings. The second kappa shape index (κ2) is 8.38. The topological polar surface area (TPSA) is 97.2 Å². The van der Waals surface area contributed by atoms with Gasteiger partial charge in [-0.3, -0.25) is 9.10 Å². The summed E-state index contributed by atoms with van der Waals surface area (Å²) in [7, 11) is -3.85. The van der Waals surface area contributed by atoms with Crippen LogP contribution < -0.4 is 9.62 Å². The van der Waals surface area contributed by atoms with Gasteiger partial charge in [-0.25, -0.2) is 18.1 Å². The maximum absolute atomic E-state index is 13.2. The van der Waals surface area contributed by atoms with E-state index in [1.807, 2.05) is 0 Å². The number of hydrogen-bond acceptors (Lipinski definition) is 5. The number of carbonyl (C=O) groups is 1. The van der Waals surface area contributed by atoms with E-state index in [-0.39, 0.29) is 11.4 Å². The minimum absolute atomic E-state index is 0.139. The van der Waals surface area contributed by atoms with Crippen LogP contribution in [0.15, 0.2) is 55.1 Å². The standard InChI is InChI=1S/C19H18F3N5O3S/c1-13-5-3-4-6-16(13)27(31(2,29)30)10-18(28)25-15-9-14(19(20,21)22)7-8-17(15)26-12-23-11-24-26/h3-9,11-12H,10H2,1-2H3,(H,25,28). The van der Waals surface area contributed by atoms with Gasteiger partial charge in [0.05, 0.1) is 28.9 Å². The van der Waals surface area contributed by atoms with Gasteiger partial charge in [0, 0.05) is 0 Å². The van der Waals surface area contributed by atoms with Crippen LogP contribution >= 0.6 is 0 Å². The number of para-hydroxylation sites is 1. The molecule has 0 aliphatic heterocycles. The molecular weight excluding hydrogens is 435 g/mol. The van der Waals surface area contributed by atoms with Crippen molar-refractivity contribution in [3.05, 3.63) is 66.2 Å². The molecule has 0 atom stereocenters. The molecule has 1 heterocycles. The van der Waals surface area contributed by atoms with Crippen molar-refractivity contribution in [1.29, 1.82) is 0 Å². The summed E-state index contributed by atoms with van der Waals surface area (Å²) in [5.74, 6) is -0.825. The van der Waals surface area contributed by atoms with E-state index in [9.17, 15) is 26.4 Å². The lowest BCUT2D eigenvalue weighted by atomic mass is 10.1. The number of amides is 1. The number of aromatic nitrogens is 3. The van der Waals surface area contributed by atoms with Crippen molar-refractivity contribution in [2.24, 2.45) is 0 Å². The molecule has 8 nitrogen and oxygen atoms in total. The lowest BCUT2D eigenvalue weighted by molar-refractivity contribution is -0.137. The molecule has 0 spiro atoms. The van der Waals surface area contributed by atoms with Gasteiger partial charge in [0.1, 0.15) is 19.2 Å². The number of rotatable bonds is 6. The van der Waals surface area contributed by atoms with E-state index in [1.54, 1.807) is 25.1 Å². The smallest absolute Gasteiger partial charge is 0.323 e. The Balaban J connectivity index is 1.95. The Hall–Kier alpha value is -3.41. The van der Waals surface area contributed by atoms with Crippen LogP contribution in [0.1, 0.15) is 11.1 Å². The Morgan fingerprint density at radius 1 is 1.19 bits per heavy atom. The highest BCUT2D eigenvalue weighted by atomic mass is 32.2. The van der Waals surface area contributed by atoms with Crippen molar-refractivity contribution in [3.63, 3.8) is 0 Å². The summed E-state index contributed by atoms with van der Waals surface area (Å²) in [6, 6.07) is 9.30. The molecule has 0 unspecified atom stereocenters. The first-order chi connectivity index (χ1) is 14.5. The van der Waals surface area contributed by atoms with Crippen molar-refractivity contribution < 1.29 is 26.4 Å². The highest BCUT2D eigenvalue weighted by Crippen LogP contribution is 2.33. The summed E-state index contributed by atoms with van der Waals surface area (Å²) in [4.78, 5) is 16.4. The average molecular weight is 453 g/mol. The average Bonchev–Trinajstić information content (AvgIpc) is 3.20. The molecule has 0 bridgehead atoms. The third-order valence-electron chi connectivity index (χ3n) is 4.34. The largest absolute Gasteiger partial charge is 0.416 e. The summed E-state index contributed by atoms with van der Waals surface area (Å²) in [5, 5.41) is 6.24. The highest BCUT2D eigenvalue weighted by molar-refractivity contribution is 7.92. The van der Waals surface area contributed by atoms with Gasteiger partial charge in [-0.05, 0) is 36.8 Å². The molecule has 2 aromatic carbocycles. The molecule has 3 aromatic rings. The fourth-order valence-corrected chi connectivity index (χ4v) is 3.80. The van der Waals surface area contributed by atoms with Gasteiger partial charge in [0.15, 0.2) is 0 Å². The number of carbonyl (C=O) groups excluding carboxylic acids is 1. The zero-order valence-electron chi connectivity index (χ0n) is 16.5. The van der Waals surface area contributed by atoms with Crippen LogP contribution in [0.5, 0.6) is 0 Å². The molecule has 0 saturated heterocycles. The van der Waals surface area contributed by atoms with Crippen molar-refractivity contribution >= 4 is 27.3 Å². The second-order valence-electron chi connectivity index (χ2n) is 6.67. The molecule has 12 heteroatoms. The van der Waals surface area contributed by atoms with E-state index >= 15 is 0 Å². The highest BCUT2D eigenvalue weighted by Gasteiger charge is 2.31. The van der Waals surface area contributed by atoms with Gasteiger partial charge in [0.2, 0.25) is 15.9 Å². The normalized spacial score (nSPS) is 11.9. The molecule has 164 valence electrons. The first kappa shape index (κ1) is 22.3. The fraction of sp³-hybridized carbons (Fsp3) is 0.211. The van der Waals surface area contributed by atoms with Crippen LogP contribution in [0.3, 0.4) is 0 Å². The molecule has 1 amide bonds. The van der Waals surface area contributed by atoms with Crippen LogP contribution in [0.4, 0.5) is 24.5 Å². The molecule has 31 heavy (non-hydrogen) atoms. The fourth-order valence-electron chi connectivity index (χ4n) is 2.89. The van der Waals surface area contributed by atoms with Crippen molar-refractivity contribution in [2.75, 3.05) is 22.4 Å². The summed E-state index contributed by atoms with van der Waals surface area (Å²) in [5.41, 5.74) is -0.126. The lowest BCUT2D eigenvalue weighted by Gasteiger charge is -2.24. The number of benzene rings is 2. The van der Waals surface area contributed by atoms with Crippen LogP contribution in [-0.2, 0) is 21.0 Å². The van der Waals surface area contributed by atoms with Gasteiger partial charge in [0.25, 0.3) is 0 Å². The molecule has 3 rings (SSSR count). The Morgan fingerprint density at radius 2 is 1.90 bits per heavy atom. The lowest BCUT2D eigenvalue weighted by Crippen LogP contribution is -2.38. The zero-order valence-corrected chi connectivity index (χ0v) is 17.3. The number of nitrogens with one attached hydrogen (secondary N) is 1. The quantitative estimate of drug-likeness (QED) is 0.619. The molecule has 0 aliphatic rings. The Bertz CT molecular complexity index is 1190. The Morgan fingerprint density at radius 3 is 2.48 bits per heavy atom. The van der Waals surface area contributed by atoms with Crippen LogP contribution in [-0.4, -0.2) is 41.9 Å². The molecule has 0 aliphatic carbocycles. The molecule has 0 radical (unpaired) electrons. The van der Waals surface area contributed by atoms with Crippen LogP contribution in [0, 0.1) is 6.92 Å². The van der Waals surface area contributed by atoms with Crippen LogP contribution in [0.25, 0.3) is 5.69 Å². The van der Waals surface area contributed by atoms with Crippen molar-refractivity contribution in [2.45, 2.75) is 13.1 Å². The number of anilines is 2. The van der Waals surface area contributed by atoms with E-state index < -0.39 is 34.2 Å². The van der Waals surface area contributed by atoms with E-state index in [0.717, 1.165) is 28.8 Å². The second-order valence-corrected chi connectivity index (χ2v) is 8.58. The summed E-state index contributed by atoms with van der Waals surface area (Å²) < 4.78 is 66.2. The third-order valence-corrected chi connectivity index (χ3v) is 5.46. The van der Waals surface area contributed by atoms with Gasteiger partial charge in [-0.15, -0.1) is 0 Å². The number of aryl methyl sites for hydroxylation is 1. The Kier molecular flexibility index (Phi) is 6.02. The maximum Gasteiger partial charge on any atom is 0.416 e. The van der Waals surface area contributed by atoms with Gasteiger partial charge in [-0.1, -0.05) is 18.2 Å². The van der Waals surface area contributed by atoms with E-state index in [4.69, 9.17) is 0 Å².